The molecule has 1 fully saturated rings. The van der Waals surface area contributed by atoms with Gasteiger partial charge in [-0.2, -0.15) is 4.80 Å². The van der Waals surface area contributed by atoms with Crippen LogP contribution in [0.3, 0.4) is 0 Å². The van der Waals surface area contributed by atoms with E-state index >= 15 is 0 Å². The number of hydrogen-bond donors (Lipinski definition) is 2. The Morgan fingerprint density at radius 3 is 2.35 bits per heavy atom. The number of rotatable bonds is 6. The summed E-state index contributed by atoms with van der Waals surface area (Å²) in [6.45, 7) is 6.36. The fraction of sp³-hybridized carbons (Fsp3) is 0.824. The first-order valence-corrected chi connectivity index (χ1v) is 9.69. The van der Waals surface area contributed by atoms with Crippen LogP contribution in [0.25, 0.3) is 0 Å². The first-order chi connectivity index (χ1) is 12.2. The molecule has 1 aromatic heterocycles. The molecular formula is C17H29ClN6O2. The van der Waals surface area contributed by atoms with Crippen molar-refractivity contribution in [3.05, 3.63) is 5.82 Å². The lowest BCUT2D eigenvalue weighted by atomic mass is 9.90. The van der Waals surface area contributed by atoms with E-state index < -0.39 is 5.54 Å². The first kappa shape index (κ1) is 20.6. The molecule has 1 aromatic rings. The summed E-state index contributed by atoms with van der Waals surface area (Å²) in [5, 5.41) is 18.1. The van der Waals surface area contributed by atoms with Crippen LogP contribution in [-0.2, 0) is 21.5 Å². The minimum atomic E-state index is -0.426. The minimum absolute atomic E-state index is 0.00259. The number of amides is 2. The van der Waals surface area contributed by atoms with Crippen molar-refractivity contribution in [3.8, 4) is 0 Å². The average molecular weight is 385 g/mol. The van der Waals surface area contributed by atoms with Gasteiger partial charge in [0.15, 0.2) is 5.82 Å². The zero-order valence-corrected chi connectivity index (χ0v) is 16.6. The molecule has 0 atom stereocenters. The van der Waals surface area contributed by atoms with Crippen molar-refractivity contribution in [2.75, 3.05) is 12.4 Å². The van der Waals surface area contributed by atoms with Gasteiger partial charge in [0, 0.05) is 12.0 Å². The smallest absolute Gasteiger partial charge is 0.243 e. The van der Waals surface area contributed by atoms with Crippen molar-refractivity contribution in [1.29, 1.82) is 0 Å². The second kappa shape index (κ2) is 8.79. The highest BCUT2D eigenvalue weighted by Gasteiger charge is 2.33. The van der Waals surface area contributed by atoms with E-state index in [0.717, 1.165) is 38.5 Å². The Hall–Kier alpha value is -1.70. The summed E-state index contributed by atoms with van der Waals surface area (Å²) in [6, 6.07) is 0. The lowest BCUT2D eigenvalue weighted by Gasteiger charge is -2.34. The number of nitrogens with zero attached hydrogens (tertiary/aromatic N) is 4. The van der Waals surface area contributed by atoms with Crippen LogP contribution >= 0.6 is 11.6 Å². The number of carbonyl (C=O) groups excluding carboxylic acids is 2. The fourth-order valence-corrected chi connectivity index (χ4v) is 3.21. The van der Waals surface area contributed by atoms with Crippen LogP contribution in [0.15, 0.2) is 0 Å². The monoisotopic (exact) mass is 384 g/mol. The normalized spacial score (nSPS) is 17.4. The largest absolute Gasteiger partial charge is 0.352 e. The molecule has 1 heterocycles. The molecule has 0 radical (unpaired) electrons. The molecule has 0 unspecified atom stereocenters. The van der Waals surface area contributed by atoms with E-state index in [1.807, 2.05) is 20.8 Å². The van der Waals surface area contributed by atoms with Gasteiger partial charge in [-0.3, -0.25) is 9.59 Å². The van der Waals surface area contributed by atoms with Gasteiger partial charge in [0.05, 0.1) is 5.54 Å². The standard InChI is InChI=1S/C17H29ClN6O2/c1-16(2,3)15-21-23-24(22-15)11-14(26)19-12-17(20-13(25)10-18)8-6-4-5-7-9-17/h4-12H2,1-3H3,(H,19,26)(H,20,25). The molecule has 9 heteroatoms. The molecule has 26 heavy (non-hydrogen) atoms. The van der Waals surface area contributed by atoms with Gasteiger partial charge in [-0.05, 0) is 18.1 Å². The topological polar surface area (TPSA) is 102 Å². The van der Waals surface area contributed by atoms with E-state index in [1.54, 1.807) is 0 Å². The number of hydrogen-bond acceptors (Lipinski definition) is 5. The molecule has 8 nitrogen and oxygen atoms in total. The molecule has 1 saturated carbocycles. The number of alkyl halides is 1. The van der Waals surface area contributed by atoms with Crippen molar-refractivity contribution in [2.45, 2.75) is 76.8 Å². The Morgan fingerprint density at radius 2 is 1.81 bits per heavy atom. The van der Waals surface area contributed by atoms with Crippen LogP contribution in [0.1, 0.15) is 65.1 Å². The van der Waals surface area contributed by atoms with Crippen molar-refractivity contribution < 1.29 is 9.59 Å². The maximum Gasteiger partial charge on any atom is 0.243 e. The number of halogens is 1. The van der Waals surface area contributed by atoms with E-state index in [2.05, 4.69) is 26.0 Å². The van der Waals surface area contributed by atoms with Gasteiger partial charge in [-0.25, -0.2) is 0 Å². The molecule has 0 aromatic carbocycles. The number of nitrogens with one attached hydrogen (secondary N) is 2. The zero-order chi connectivity index (χ0) is 19.2. The van der Waals surface area contributed by atoms with Crippen molar-refractivity contribution >= 4 is 23.4 Å². The molecule has 0 aliphatic heterocycles. The predicted octanol–water partition coefficient (Wildman–Crippen LogP) is 1.53. The predicted molar refractivity (Wildman–Crippen MR) is 98.8 cm³/mol. The molecule has 146 valence electrons. The number of carbonyl (C=O) groups is 2. The highest BCUT2D eigenvalue weighted by atomic mass is 35.5. The van der Waals surface area contributed by atoms with E-state index in [-0.39, 0.29) is 29.7 Å². The van der Waals surface area contributed by atoms with Gasteiger partial charge in [-0.1, -0.05) is 46.5 Å². The summed E-state index contributed by atoms with van der Waals surface area (Å²) in [5.41, 5.74) is -0.643. The summed E-state index contributed by atoms with van der Waals surface area (Å²) >= 11 is 5.66. The number of aromatic nitrogens is 4. The van der Waals surface area contributed by atoms with Crippen LogP contribution in [0, 0.1) is 0 Å². The highest BCUT2D eigenvalue weighted by molar-refractivity contribution is 6.27. The molecule has 0 bridgehead atoms. The van der Waals surface area contributed by atoms with E-state index in [1.165, 1.54) is 4.80 Å². The first-order valence-electron chi connectivity index (χ1n) is 9.16. The molecule has 0 spiro atoms. The van der Waals surface area contributed by atoms with Crippen LogP contribution in [0.2, 0.25) is 0 Å². The highest BCUT2D eigenvalue weighted by Crippen LogP contribution is 2.26. The molecule has 2 N–H and O–H groups in total. The molecule has 1 aliphatic carbocycles. The molecule has 2 rings (SSSR count). The van der Waals surface area contributed by atoms with Crippen LogP contribution in [0.4, 0.5) is 0 Å². The van der Waals surface area contributed by atoms with Gasteiger partial charge in [0.2, 0.25) is 11.8 Å². The zero-order valence-electron chi connectivity index (χ0n) is 15.8. The van der Waals surface area contributed by atoms with E-state index in [9.17, 15) is 9.59 Å². The van der Waals surface area contributed by atoms with Crippen molar-refractivity contribution in [2.24, 2.45) is 0 Å². The average Bonchev–Trinajstić information content (AvgIpc) is 2.93. The summed E-state index contributed by atoms with van der Waals surface area (Å²) in [6.07, 6.45) is 6.02. The van der Waals surface area contributed by atoms with Crippen molar-refractivity contribution in [1.82, 2.24) is 30.8 Å². The molecular weight excluding hydrogens is 356 g/mol. The van der Waals surface area contributed by atoms with Crippen LogP contribution < -0.4 is 10.6 Å². The summed E-state index contributed by atoms with van der Waals surface area (Å²) in [7, 11) is 0. The fourth-order valence-electron chi connectivity index (χ4n) is 3.14. The van der Waals surface area contributed by atoms with Gasteiger partial charge < -0.3 is 10.6 Å². The van der Waals surface area contributed by atoms with Crippen LogP contribution in [-0.4, -0.2) is 50.0 Å². The van der Waals surface area contributed by atoms with Gasteiger partial charge >= 0.3 is 0 Å². The van der Waals surface area contributed by atoms with Gasteiger partial charge in [0.25, 0.3) is 0 Å². The number of tetrazole rings is 1. The maximum absolute atomic E-state index is 12.3. The Bertz CT molecular complexity index is 617. The summed E-state index contributed by atoms with van der Waals surface area (Å²) < 4.78 is 0. The minimum Gasteiger partial charge on any atom is -0.352 e. The summed E-state index contributed by atoms with van der Waals surface area (Å²) in [4.78, 5) is 25.5. The van der Waals surface area contributed by atoms with Gasteiger partial charge in [0.1, 0.15) is 12.4 Å². The maximum atomic E-state index is 12.3. The Kier molecular flexibility index (Phi) is 6.97. The SMILES string of the molecule is CC(C)(C)c1nnn(CC(=O)NCC2(NC(=O)CCl)CCCCCC2)n1. The third-order valence-electron chi connectivity index (χ3n) is 4.62. The Labute approximate surface area is 159 Å². The van der Waals surface area contributed by atoms with E-state index in [0.29, 0.717) is 12.4 Å². The molecule has 0 saturated heterocycles. The lowest BCUT2D eigenvalue weighted by Crippen LogP contribution is -2.56. The van der Waals surface area contributed by atoms with Gasteiger partial charge in [-0.15, -0.1) is 21.8 Å². The molecule has 2 amide bonds. The quantitative estimate of drug-likeness (QED) is 0.572. The second-order valence-corrected chi connectivity index (χ2v) is 8.31. The summed E-state index contributed by atoms with van der Waals surface area (Å²) in [5.74, 6) is 0.121. The van der Waals surface area contributed by atoms with Crippen molar-refractivity contribution in [3.63, 3.8) is 0 Å². The third kappa shape index (κ3) is 5.93. The third-order valence-corrected chi connectivity index (χ3v) is 4.86. The van der Waals surface area contributed by atoms with E-state index in [4.69, 9.17) is 11.6 Å². The Balaban J connectivity index is 1.95. The second-order valence-electron chi connectivity index (χ2n) is 8.05. The Morgan fingerprint density at radius 1 is 1.15 bits per heavy atom. The lowest BCUT2D eigenvalue weighted by molar-refractivity contribution is -0.124. The molecule has 1 aliphatic rings. The van der Waals surface area contributed by atoms with Crippen LogP contribution in [0.5, 0.6) is 0 Å².